The Balaban J connectivity index is 2.12. The fourth-order valence-electron chi connectivity index (χ4n) is 3.45. The highest BCUT2D eigenvalue weighted by Gasteiger charge is 2.27. The monoisotopic (exact) mass is 471 g/mol. The van der Waals surface area contributed by atoms with Crippen LogP contribution in [0.15, 0.2) is 12.3 Å². The van der Waals surface area contributed by atoms with Crippen molar-refractivity contribution < 1.29 is 19.1 Å². The van der Waals surface area contributed by atoms with Gasteiger partial charge in [-0.05, 0) is 45.2 Å². The van der Waals surface area contributed by atoms with Gasteiger partial charge in [0.25, 0.3) is 11.8 Å². The van der Waals surface area contributed by atoms with E-state index in [1.165, 1.54) is 7.05 Å². The van der Waals surface area contributed by atoms with Crippen LogP contribution in [0.2, 0.25) is 0 Å². The molecule has 0 unspecified atom stereocenters. The molecule has 2 N–H and O–H groups in total. The Labute approximate surface area is 196 Å². The lowest BCUT2D eigenvalue weighted by molar-refractivity contribution is 0.0527. The first-order chi connectivity index (χ1) is 15.6. The molecule has 9 nitrogen and oxygen atoms in total. The summed E-state index contributed by atoms with van der Waals surface area (Å²) in [6.45, 7) is 11.5. The van der Waals surface area contributed by atoms with Crippen molar-refractivity contribution in [2.75, 3.05) is 19.0 Å². The molecule has 2 amide bonds. The molecular formula is C23H29N5O4S. The summed E-state index contributed by atoms with van der Waals surface area (Å²) in [6.07, 6.45) is 1.63. The number of hydrogen-bond donors (Lipinski definition) is 2. The SMILES string of the molecule is CCOC(=O)c1c(NC(=O)c2cc(C(C)C)nc3c2cnn3C(C)C)sc(C(=O)NC)c1C. The molecule has 3 aromatic rings. The largest absolute Gasteiger partial charge is 0.462 e. The first kappa shape index (κ1) is 24.4. The number of nitrogens with one attached hydrogen (secondary N) is 2. The zero-order chi connectivity index (χ0) is 24.4. The van der Waals surface area contributed by atoms with Crippen molar-refractivity contribution in [1.82, 2.24) is 20.1 Å². The van der Waals surface area contributed by atoms with E-state index in [0.29, 0.717) is 27.0 Å². The van der Waals surface area contributed by atoms with Gasteiger partial charge < -0.3 is 15.4 Å². The zero-order valence-corrected chi connectivity index (χ0v) is 20.7. The van der Waals surface area contributed by atoms with Gasteiger partial charge in [-0.3, -0.25) is 9.59 Å². The van der Waals surface area contributed by atoms with Crippen LogP contribution in [0.3, 0.4) is 0 Å². The summed E-state index contributed by atoms with van der Waals surface area (Å²) < 4.78 is 6.95. The summed E-state index contributed by atoms with van der Waals surface area (Å²) in [4.78, 5) is 43.5. The van der Waals surface area contributed by atoms with Crippen molar-refractivity contribution >= 4 is 45.2 Å². The van der Waals surface area contributed by atoms with E-state index in [1.54, 1.807) is 30.8 Å². The van der Waals surface area contributed by atoms with E-state index in [2.05, 4.69) is 15.7 Å². The van der Waals surface area contributed by atoms with Gasteiger partial charge in [-0.2, -0.15) is 5.10 Å². The van der Waals surface area contributed by atoms with Crippen molar-refractivity contribution in [1.29, 1.82) is 0 Å². The molecule has 0 aliphatic heterocycles. The second-order valence-corrected chi connectivity index (χ2v) is 9.20. The molecule has 3 aromatic heterocycles. The molecule has 33 heavy (non-hydrogen) atoms. The number of rotatable bonds is 7. The summed E-state index contributed by atoms with van der Waals surface area (Å²) in [5.41, 5.74) is 2.43. The molecule has 0 aliphatic carbocycles. The van der Waals surface area contributed by atoms with Gasteiger partial charge in [-0.15, -0.1) is 11.3 Å². The Kier molecular flexibility index (Phi) is 7.16. The lowest BCUT2D eigenvalue weighted by Crippen LogP contribution is -2.18. The summed E-state index contributed by atoms with van der Waals surface area (Å²) in [6, 6.07) is 1.82. The van der Waals surface area contributed by atoms with Crippen molar-refractivity contribution in [3.63, 3.8) is 0 Å². The summed E-state index contributed by atoms with van der Waals surface area (Å²) in [5, 5.41) is 10.7. The van der Waals surface area contributed by atoms with Gasteiger partial charge in [-0.1, -0.05) is 13.8 Å². The Morgan fingerprint density at radius 1 is 1.18 bits per heavy atom. The average Bonchev–Trinajstić information content (AvgIpc) is 3.33. The second-order valence-electron chi connectivity index (χ2n) is 8.18. The topological polar surface area (TPSA) is 115 Å². The number of carbonyl (C=O) groups excluding carboxylic acids is 3. The quantitative estimate of drug-likeness (QED) is 0.497. The van der Waals surface area contributed by atoms with E-state index in [-0.39, 0.29) is 35.0 Å². The minimum Gasteiger partial charge on any atom is -0.462 e. The standard InChI is InChI=1S/C23H29N5O4S/c1-8-32-23(31)17-13(6)18(21(30)24-7)33-22(17)27-20(29)14-9-16(11(2)3)26-19-15(14)10-25-28(19)12(4)5/h9-12H,8H2,1-7H3,(H,24,30)(H,27,29). The summed E-state index contributed by atoms with van der Waals surface area (Å²) in [7, 11) is 1.51. The molecular weight excluding hydrogens is 442 g/mol. The highest BCUT2D eigenvalue weighted by atomic mass is 32.1. The smallest absolute Gasteiger partial charge is 0.341 e. The third-order valence-corrected chi connectivity index (χ3v) is 6.40. The molecule has 3 rings (SSSR count). The van der Waals surface area contributed by atoms with E-state index in [9.17, 15) is 14.4 Å². The van der Waals surface area contributed by atoms with Crippen LogP contribution in [0.4, 0.5) is 5.00 Å². The maximum absolute atomic E-state index is 13.5. The number of anilines is 1. The van der Waals surface area contributed by atoms with E-state index < -0.39 is 11.9 Å². The molecule has 0 aromatic carbocycles. The molecule has 0 saturated heterocycles. The van der Waals surface area contributed by atoms with Crippen LogP contribution in [0.1, 0.15) is 88.2 Å². The van der Waals surface area contributed by atoms with Crippen LogP contribution in [-0.2, 0) is 4.74 Å². The maximum atomic E-state index is 13.5. The number of pyridine rings is 1. The number of nitrogens with zero attached hydrogens (tertiary/aromatic N) is 3. The highest BCUT2D eigenvalue weighted by molar-refractivity contribution is 7.18. The number of amides is 2. The van der Waals surface area contributed by atoms with Crippen LogP contribution in [0.5, 0.6) is 0 Å². The maximum Gasteiger partial charge on any atom is 0.341 e. The van der Waals surface area contributed by atoms with Gasteiger partial charge in [0, 0.05) is 18.8 Å². The number of aromatic nitrogens is 3. The van der Waals surface area contributed by atoms with Gasteiger partial charge >= 0.3 is 5.97 Å². The van der Waals surface area contributed by atoms with Gasteiger partial charge in [0.15, 0.2) is 5.65 Å². The number of ether oxygens (including phenoxy) is 1. The van der Waals surface area contributed by atoms with Crippen LogP contribution in [0, 0.1) is 6.92 Å². The first-order valence-corrected chi connectivity index (χ1v) is 11.6. The van der Waals surface area contributed by atoms with Gasteiger partial charge in [0.05, 0.1) is 34.2 Å². The van der Waals surface area contributed by atoms with Gasteiger partial charge in [-0.25, -0.2) is 14.5 Å². The van der Waals surface area contributed by atoms with Crippen molar-refractivity contribution in [2.24, 2.45) is 0 Å². The molecule has 176 valence electrons. The molecule has 10 heteroatoms. The van der Waals surface area contributed by atoms with Crippen molar-refractivity contribution in [3.05, 3.63) is 39.5 Å². The summed E-state index contributed by atoms with van der Waals surface area (Å²) >= 11 is 1.04. The molecule has 0 aliphatic rings. The molecule has 3 heterocycles. The molecule has 0 saturated carbocycles. The van der Waals surface area contributed by atoms with Crippen molar-refractivity contribution in [3.8, 4) is 0 Å². The Morgan fingerprint density at radius 3 is 2.45 bits per heavy atom. The highest BCUT2D eigenvalue weighted by Crippen LogP contribution is 2.35. The van der Waals surface area contributed by atoms with E-state index in [4.69, 9.17) is 9.72 Å². The lowest BCUT2D eigenvalue weighted by Gasteiger charge is -2.12. The molecule has 0 spiro atoms. The number of carbonyl (C=O) groups is 3. The van der Waals surface area contributed by atoms with Crippen LogP contribution < -0.4 is 10.6 Å². The van der Waals surface area contributed by atoms with E-state index in [0.717, 1.165) is 17.0 Å². The molecule has 0 fully saturated rings. The Morgan fingerprint density at radius 2 is 1.88 bits per heavy atom. The third-order valence-electron chi connectivity index (χ3n) is 5.20. The van der Waals surface area contributed by atoms with Crippen molar-refractivity contribution in [2.45, 2.75) is 53.5 Å². The fraction of sp³-hybridized carbons (Fsp3) is 0.435. The van der Waals surface area contributed by atoms with E-state index >= 15 is 0 Å². The fourth-order valence-corrected chi connectivity index (χ4v) is 4.59. The van der Waals surface area contributed by atoms with Gasteiger partial charge in [0.1, 0.15) is 5.00 Å². The summed E-state index contributed by atoms with van der Waals surface area (Å²) in [5.74, 6) is -1.25. The zero-order valence-electron chi connectivity index (χ0n) is 19.9. The van der Waals surface area contributed by atoms with Gasteiger partial charge in [0.2, 0.25) is 0 Å². The van der Waals surface area contributed by atoms with E-state index in [1.807, 2.05) is 27.7 Å². The minimum atomic E-state index is -0.591. The molecule has 0 radical (unpaired) electrons. The lowest BCUT2D eigenvalue weighted by atomic mass is 10.0. The third kappa shape index (κ3) is 4.61. The van der Waals surface area contributed by atoms with Crippen LogP contribution >= 0.6 is 11.3 Å². The average molecular weight is 472 g/mol. The molecule has 0 atom stereocenters. The predicted molar refractivity (Wildman–Crippen MR) is 128 cm³/mol. The molecule has 0 bridgehead atoms. The Hall–Kier alpha value is -3.27. The van der Waals surface area contributed by atoms with Crippen LogP contribution in [0.25, 0.3) is 11.0 Å². The number of hydrogen-bond acceptors (Lipinski definition) is 7. The predicted octanol–water partition coefficient (Wildman–Crippen LogP) is 4.29. The number of fused-ring (bicyclic) bond motifs is 1. The second kappa shape index (κ2) is 9.70. The van der Waals surface area contributed by atoms with Crippen LogP contribution in [-0.4, -0.2) is 46.2 Å². The Bertz CT molecular complexity index is 1230. The number of thiophene rings is 1. The normalized spacial score (nSPS) is 11.3. The number of esters is 1. The minimum absolute atomic E-state index is 0.0683. The first-order valence-electron chi connectivity index (χ1n) is 10.8.